The molecule has 0 aliphatic rings. The summed E-state index contributed by atoms with van der Waals surface area (Å²) in [7, 11) is 5.10. The molecule has 0 unspecified atom stereocenters. The zero-order valence-electron chi connectivity index (χ0n) is 11.9. The first-order valence-electron chi connectivity index (χ1n) is 6.16. The summed E-state index contributed by atoms with van der Waals surface area (Å²) in [5.74, 6) is -0.566. The maximum atomic E-state index is 11.6. The minimum atomic E-state index is -0.566. The quantitative estimate of drug-likeness (QED) is 0.803. The molecule has 0 radical (unpaired) electrons. The molecule has 0 saturated heterocycles. The lowest BCUT2D eigenvalue weighted by molar-refractivity contribution is 0.0594. The zero-order valence-corrected chi connectivity index (χ0v) is 13.4. The van der Waals surface area contributed by atoms with Gasteiger partial charge in [-0.15, -0.1) is 0 Å². The summed E-state index contributed by atoms with van der Waals surface area (Å²) in [6, 6.07) is 8.91. The van der Waals surface area contributed by atoms with Crippen LogP contribution >= 0.6 is 23.2 Å². The highest BCUT2D eigenvalue weighted by Crippen LogP contribution is 2.30. The lowest BCUT2D eigenvalue weighted by Gasteiger charge is -2.15. The van der Waals surface area contributed by atoms with Crippen LogP contribution in [-0.2, 0) is 4.74 Å². The van der Waals surface area contributed by atoms with Gasteiger partial charge in [-0.1, -0.05) is 29.3 Å². The average molecular weight is 325 g/mol. The number of aromatic nitrogens is 1. The third kappa shape index (κ3) is 3.28. The zero-order chi connectivity index (χ0) is 15.6. The predicted octanol–water partition coefficient (Wildman–Crippen LogP) is 3.91. The van der Waals surface area contributed by atoms with Gasteiger partial charge >= 0.3 is 5.97 Å². The van der Waals surface area contributed by atoms with E-state index in [2.05, 4.69) is 9.72 Å². The largest absolute Gasteiger partial charge is 0.464 e. The molecule has 2 aromatic rings. The van der Waals surface area contributed by atoms with E-state index < -0.39 is 5.97 Å². The van der Waals surface area contributed by atoms with Gasteiger partial charge in [0.25, 0.3) is 0 Å². The molecule has 0 atom stereocenters. The fourth-order valence-electron chi connectivity index (χ4n) is 1.86. The van der Waals surface area contributed by atoms with Gasteiger partial charge in [-0.05, 0) is 24.3 Å². The smallest absolute Gasteiger partial charge is 0.358 e. The van der Waals surface area contributed by atoms with Crippen LogP contribution in [0.3, 0.4) is 0 Å². The first kappa shape index (κ1) is 15.6. The van der Waals surface area contributed by atoms with Crippen molar-refractivity contribution in [3.63, 3.8) is 0 Å². The molecule has 1 aromatic heterocycles. The van der Waals surface area contributed by atoms with E-state index in [9.17, 15) is 4.79 Å². The molecule has 2 rings (SSSR count). The number of hydrogen-bond acceptors (Lipinski definition) is 4. The average Bonchev–Trinajstić information content (AvgIpc) is 2.47. The third-order valence-electron chi connectivity index (χ3n) is 2.95. The molecule has 6 heteroatoms. The van der Waals surface area contributed by atoms with Crippen LogP contribution in [0.4, 0.5) is 5.69 Å². The number of halogens is 2. The second-order valence-corrected chi connectivity index (χ2v) is 5.39. The van der Waals surface area contributed by atoms with E-state index in [1.165, 1.54) is 7.11 Å². The molecule has 4 nitrogen and oxygen atoms in total. The molecule has 0 spiro atoms. The SMILES string of the molecule is COC(=O)c1nc(-c2ccc(Cl)c(N(C)C)c2)ccc1Cl. The van der Waals surface area contributed by atoms with Crippen LogP contribution in [0.15, 0.2) is 30.3 Å². The first-order valence-corrected chi connectivity index (χ1v) is 6.91. The van der Waals surface area contributed by atoms with Crippen LogP contribution in [0.1, 0.15) is 10.5 Å². The minimum Gasteiger partial charge on any atom is -0.464 e. The van der Waals surface area contributed by atoms with Crippen molar-refractivity contribution in [1.82, 2.24) is 4.98 Å². The van der Waals surface area contributed by atoms with E-state index in [-0.39, 0.29) is 10.7 Å². The maximum Gasteiger partial charge on any atom is 0.358 e. The molecule has 21 heavy (non-hydrogen) atoms. The second kappa shape index (κ2) is 6.33. The van der Waals surface area contributed by atoms with Gasteiger partial charge in [-0.2, -0.15) is 0 Å². The Balaban J connectivity index is 2.52. The van der Waals surface area contributed by atoms with Gasteiger partial charge in [0, 0.05) is 19.7 Å². The van der Waals surface area contributed by atoms with Crippen LogP contribution in [0.25, 0.3) is 11.3 Å². The number of ether oxygens (including phenoxy) is 1. The van der Waals surface area contributed by atoms with Gasteiger partial charge in [0.2, 0.25) is 0 Å². The Bertz CT molecular complexity index is 687. The number of rotatable bonds is 3. The highest BCUT2D eigenvalue weighted by atomic mass is 35.5. The van der Waals surface area contributed by atoms with E-state index in [0.717, 1.165) is 11.3 Å². The number of anilines is 1. The summed E-state index contributed by atoms with van der Waals surface area (Å²) in [5.41, 5.74) is 2.42. The third-order valence-corrected chi connectivity index (χ3v) is 3.57. The summed E-state index contributed by atoms with van der Waals surface area (Å²) in [6.45, 7) is 0. The highest BCUT2D eigenvalue weighted by Gasteiger charge is 2.15. The Morgan fingerprint density at radius 2 is 1.81 bits per heavy atom. The van der Waals surface area contributed by atoms with Crippen LogP contribution in [-0.4, -0.2) is 32.2 Å². The summed E-state index contributed by atoms with van der Waals surface area (Å²) < 4.78 is 4.67. The van der Waals surface area contributed by atoms with E-state index in [0.29, 0.717) is 10.7 Å². The second-order valence-electron chi connectivity index (χ2n) is 4.58. The number of carbonyl (C=O) groups is 1. The van der Waals surface area contributed by atoms with Gasteiger partial charge in [0.15, 0.2) is 5.69 Å². The lowest BCUT2D eigenvalue weighted by Crippen LogP contribution is -2.09. The summed E-state index contributed by atoms with van der Waals surface area (Å²) in [5, 5.41) is 0.901. The van der Waals surface area contributed by atoms with E-state index in [1.807, 2.05) is 31.1 Å². The summed E-state index contributed by atoms with van der Waals surface area (Å²) in [4.78, 5) is 17.8. The van der Waals surface area contributed by atoms with Crippen molar-refractivity contribution < 1.29 is 9.53 Å². The fraction of sp³-hybridized carbons (Fsp3) is 0.200. The van der Waals surface area contributed by atoms with Gasteiger partial charge in [-0.3, -0.25) is 0 Å². The number of nitrogens with zero attached hydrogens (tertiary/aromatic N) is 2. The molecule has 0 aliphatic carbocycles. The predicted molar refractivity (Wildman–Crippen MR) is 85.4 cm³/mol. The first-order chi connectivity index (χ1) is 9.93. The van der Waals surface area contributed by atoms with Crippen molar-refractivity contribution >= 4 is 34.9 Å². The monoisotopic (exact) mass is 324 g/mol. The normalized spacial score (nSPS) is 10.3. The van der Waals surface area contributed by atoms with Crippen molar-refractivity contribution in [2.45, 2.75) is 0 Å². The summed E-state index contributed by atoms with van der Waals surface area (Å²) in [6.07, 6.45) is 0. The Labute approximate surface area is 133 Å². The summed E-state index contributed by atoms with van der Waals surface area (Å²) >= 11 is 12.1. The molecule has 0 saturated carbocycles. The maximum absolute atomic E-state index is 11.6. The van der Waals surface area contributed by atoms with Crippen molar-refractivity contribution in [3.8, 4) is 11.3 Å². The molecule has 0 amide bonds. The Hall–Kier alpha value is -1.78. The molecular formula is C15H14Cl2N2O2. The van der Waals surface area contributed by atoms with Crippen molar-refractivity contribution in [1.29, 1.82) is 0 Å². The van der Waals surface area contributed by atoms with Crippen LogP contribution < -0.4 is 4.90 Å². The number of hydrogen-bond donors (Lipinski definition) is 0. The molecule has 110 valence electrons. The number of esters is 1. The standard InChI is InChI=1S/C15H14Cl2N2O2/c1-19(2)13-8-9(4-5-10(13)16)12-7-6-11(17)14(18-12)15(20)21-3/h4-8H,1-3H3. The molecule has 0 N–H and O–H groups in total. The van der Waals surface area contributed by atoms with Crippen molar-refractivity contribution in [2.24, 2.45) is 0 Å². The number of methoxy groups -OCH3 is 1. The fourth-order valence-corrected chi connectivity index (χ4v) is 2.33. The molecule has 0 fully saturated rings. The van der Waals surface area contributed by atoms with Crippen molar-refractivity contribution in [3.05, 3.63) is 46.1 Å². The van der Waals surface area contributed by atoms with Crippen LogP contribution in [0.2, 0.25) is 10.0 Å². The van der Waals surface area contributed by atoms with Gasteiger partial charge in [-0.25, -0.2) is 9.78 Å². The molecule has 0 bridgehead atoms. The lowest BCUT2D eigenvalue weighted by atomic mass is 10.1. The number of benzene rings is 1. The molecule has 1 aromatic carbocycles. The molecule has 1 heterocycles. The topological polar surface area (TPSA) is 42.4 Å². The minimum absolute atomic E-state index is 0.0954. The van der Waals surface area contributed by atoms with Crippen LogP contribution in [0.5, 0.6) is 0 Å². The highest BCUT2D eigenvalue weighted by molar-refractivity contribution is 6.33. The Morgan fingerprint density at radius 1 is 1.14 bits per heavy atom. The number of pyridine rings is 1. The number of carbonyl (C=O) groups excluding carboxylic acids is 1. The van der Waals surface area contributed by atoms with E-state index in [4.69, 9.17) is 23.2 Å². The molecule has 0 aliphatic heterocycles. The van der Waals surface area contributed by atoms with Gasteiger partial charge < -0.3 is 9.64 Å². The van der Waals surface area contributed by atoms with Gasteiger partial charge in [0.05, 0.1) is 28.5 Å². The van der Waals surface area contributed by atoms with E-state index in [1.54, 1.807) is 18.2 Å². The molecular weight excluding hydrogens is 311 g/mol. The van der Waals surface area contributed by atoms with Gasteiger partial charge in [0.1, 0.15) is 0 Å². The Kier molecular flexibility index (Phi) is 4.70. The van der Waals surface area contributed by atoms with Crippen LogP contribution in [0, 0.1) is 0 Å². The Morgan fingerprint density at radius 3 is 2.43 bits per heavy atom. The van der Waals surface area contributed by atoms with Crippen molar-refractivity contribution in [2.75, 3.05) is 26.1 Å². The van der Waals surface area contributed by atoms with E-state index >= 15 is 0 Å².